The lowest BCUT2D eigenvalue weighted by atomic mass is 10.0. The number of amides is 2. The van der Waals surface area contributed by atoms with Crippen molar-refractivity contribution in [3.05, 3.63) is 94.0 Å². The fourth-order valence-electron chi connectivity index (χ4n) is 4.56. The third kappa shape index (κ3) is 9.64. The van der Waals surface area contributed by atoms with Gasteiger partial charge in [0, 0.05) is 37.0 Å². The number of nitrogens with one attached hydrogen (secondary N) is 1. The van der Waals surface area contributed by atoms with Crippen molar-refractivity contribution >= 4 is 50.7 Å². The van der Waals surface area contributed by atoms with Crippen molar-refractivity contribution in [1.82, 2.24) is 10.2 Å². The SMILES string of the molecule is COc1cccc(CN(C(=O)CCCN(c2cc(Cl)ccc2Cl)S(C)(=O)=O)[C@H](Cc2ccccc2)C(=O)NC(C)C)c1. The summed E-state index contributed by atoms with van der Waals surface area (Å²) in [5.41, 5.74) is 1.94. The molecule has 0 aromatic heterocycles. The van der Waals surface area contributed by atoms with Gasteiger partial charge in [-0.3, -0.25) is 13.9 Å². The van der Waals surface area contributed by atoms with E-state index in [0.29, 0.717) is 17.2 Å². The first kappa shape index (κ1) is 33.2. The molecular weight excluding hydrogens is 597 g/mol. The number of carbonyl (C=O) groups excluding carboxylic acids is 2. The van der Waals surface area contributed by atoms with Gasteiger partial charge in [0.05, 0.1) is 24.1 Å². The van der Waals surface area contributed by atoms with Crippen LogP contribution in [0.1, 0.15) is 37.8 Å². The lowest BCUT2D eigenvalue weighted by Gasteiger charge is -2.32. The molecule has 0 saturated carbocycles. The molecule has 1 atom stereocenters. The van der Waals surface area contributed by atoms with Crippen LogP contribution in [0.15, 0.2) is 72.8 Å². The molecule has 0 saturated heterocycles. The van der Waals surface area contributed by atoms with Gasteiger partial charge >= 0.3 is 0 Å². The number of methoxy groups -OCH3 is 1. The third-order valence-corrected chi connectivity index (χ3v) is 8.25. The molecule has 0 bridgehead atoms. The molecule has 3 aromatic rings. The van der Waals surface area contributed by atoms with Gasteiger partial charge < -0.3 is 15.0 Å². The minimum atomic E-state index is -3.73. The van der Waals surface area contributed by atoms with Crippen molar-refractivity contribution in [2.75, 3.05) is 24.2 Å². The fourth-order valence-corrected chi connectivity index (χ4v) is 5.97. The summed E-state index contributed by atoms with van der Waals surface area (Å²) in [5, 5.41) is 3.52. The van der Waals surface area contributed by atoms with Crippen molar-refractivity contribution in [1.29, 1.82) is 0 Å². The molecule has 0 fully saturated rings. The van der Waals surface area contributed by atoms with Gasteiger partial charge in [0.15, 0.2) is 0 Å². The summed E-state index contributed by atoms with van der Waals surface area (Å²) in [7, 11) is -2.16. The van der Waals surface area contributed by atoms with E-state index in [1.807, 2.05) is 68.4 Å². The highest BCUT2D eigenvalue weighted by atomic mass is 35.5. The van der Waals surface area contributed by atoms with E-state index < -0.39 is 16.1 Å². The minimum Gasteiger partial charge on any atom is -0.497 e. The highest BCUT2D eigenvalue weighted by molar-refractivity contribution is 7.92. The van der Waals surface area contributed by atoms with Crippen LogP contribution in [-0.2, 0) is 32.6 Å². The number of carbonyl (C=O) groups is 2. The first-order valence-electron chi connectivity index (χ1n) is 13.6. The Morgan fingerprint density at radius 2 is 1.64 bits per heavy atom. The normalized spacial score (nSPS) is 12.1. The molecule has 2 amide bonds. The molecule has 0 heterocycles. The van der Waals surface area contributed by atoms with Gasteiger partial charge in [-0.2, -0.15) is 0 Å². The summed E-state index contributed by atoms with van der Waals surface area (Å²) in [6.07, 6.45) is 1.57. The zero-order valence-corrected chi connectivity index (χ0v) is 26.5. The lowest BCUT2D eigenvalue weighted by molar-refractivity contribution is -0.141. The number of nitrogens with zero attached hydrogens (tertiary/aromatic N) is 2. The topological polar surface area (TPSA) is 96.0 Å². The Morgan fingerprint density at radius 1 is 0.952 bits per heavy atom. The second-order valence-corrected chi connectivity index (χ2v) is 13.0. The Bertz CT molecular complexity index is 1470. The summed E-state index contributed by atoms with van der Waals surface area (Å²) >= 11 is 12.4. The van der Waals surface area contributed by atoms with Crippen molar-refractivity contribution in [3.8, 4) is 5.75 Å². The second-order valence-electron chi connectivity index (χ2n) is 10.3. The Balaban J connectivity index is 1.92. The largest absolute Gasteiger partial charge is 0.497 e. The smallest absolute Gasteiger partial charge is 0.243 e. The van der Waals surface area contributed by atoms with Crippen molar-refractivity contribution in [2.24, 2.45) is 0 Å². The lowest BCUT2D eigenvalue weighted by Crippen LogP contribution is -2.51. The third-order valence-electron chi connectivity index (χ3n) is 6.52. The molecule has 0 aliphatic heterocycles. The molecule has 1 N–H and O–H groups in total. The van der Waals surface area contributed by atoms with E-state index in [1.165, 1.54) is 12.1 Å². The molecule has 3 aromatic carbocycles. The summed E-state index contributed by atoms with van der Waals surface area (Å²) < 4.78 is 31.9. The van der Waals surface area contributed by atoms with Crippen LogP contribution in [0.2, 0.25) is 10.0 Å². The summed E-state index contributed by atoms with van der Waals surface area (Å²) in [5.74, 6) is 0.0743. The zero-order chi connectivity index (χ0) is 30.9. The van der Waals surface area contributed by atoms with Crippen LogP contribution in [-0.4, -0.2) is 57.1 Å². The fraction of sp³-hybridized carbons (Fsp3) is 0.355. The molecule has 0 aliphatic carbocycles. The van der Waals surface area contributed by atoms with E-state index in [0.717, 1.165) is 21.7 Å². The van der Waals surface area contributed by atoms with E-state index in [-0.39, 0.29) is 54.5 Å². The average molecular weight is 635 g/mol. The standard InChI is InChI=1S/C31H37Cl2N3O5S/c1-22(2)34-31(38)29(19-23-10-6-5-7-11-23)35(21-24-12-8-13-26(18-24)41-3)30(37)14-9-17-36(42(4,39)40)28-20-25(32)15-16-27(28)33/h5-8,10-13,15-16,18,20,22,29H,9,14,17,19,21H2,1-4H3,(H,34,38)/t29-/m1/s1. The van der Waals surface area contributed by atoms with Gasteiger partial charge in [0.25, 0.3) is 0 Å². The molecule has 0 spiro atoms. The van der Waals surface area contributed by atoms with Crippen molar-refractivity contribution < 1.29 is 22.7 Å². The number of sulfonamides is 1. The summed E-state index contributed by atoms with van der Waals surface area (Å²) in [6, 6.07) is 20.5. The number of ether oxygens (including phenoxy) is 1. The first-order valence-corrected chi connectivity index (χ1v) is 16.2. The maximum absolute atomic E-state index is 13.9. The highest BCUT2D eigenvalue weighted by Gasteiger charge is 2.31. The molecular formula is C31H37Cl2N3O5S. The maximum Gasteiger partial charge on any atom is 0.243 e. The number of hydrogen-bond donors (Lipinski definition) is 1. The van der Waals surface area contributed by atoms with Crippen LogP contribution < -0.4 is 14.4 Å². The van der Waals surface area contributed by atoms with Crippen LogP contribution >= 0.6 is 23.2 Å². The van der Waals surface area contributed by atoms with E-state index >= 15 is 0 Å². The molecule has 0 unspecified atom stereocenters. The Labute approximate surface area is 258 Å². The molecule has 42 heavy (non-hydrogen) atoms. The van der Waals surface area contributed by atoms with Gasteiger partial charge in [0.1, 0.15) is 11.8 Å². The minimum absolute atomic E-state index is 0.000816. The predicted molar refractivity (Wildman–Crippen MR) is 169 cm³/mol. The van der Waals surface area contributed by atoms with Gasteiger partial charge in [0.2, 0.25) is 21.8 Å². The Kier molecular flexibility index (Phi) is 12.1. The van der Waals surface area contributed by atoms with E-state index in [1.54, 1.807) is 18.1 Å². The Morgan fingerprint density at radius 3 is 2.29 bits per heavy atom. The number of hydrogen-bond acceptors (Lipinski definition) is 5. The highest BCUT2D eigenvalue weighted by Crippen LogP contribution is 2.31. The zero-order valence-electron chi connectivity index (χ0n) is 24.2. The number of rotatable bonds is 14. The summed E-state index contributed by atoms with van der Waals surface area (Å²) in [6.45, 7) is 3.90. The van der Waals surface area contributed by atoms with Gasteiger partial charge in [-0.15, -0.1) is 0 Å². The molecule has 11 heteroatoms. The quantitative estimate of drug-likeness (QED) is 0.245. The van der Waals surface area contributed by atoms with Gasteiger partial charge in [-0.05, 0) is 61.7 Å². The van der Waals surface area contributed by atoms with E-state index in [9.17, 15) is 18.0 Å². The number of benzene rings is 3. The monoisotopic (exact) mass is 633 g/mol. The van der Waals surface area contributed by atoms with Crippen LogP contribution in [0.3, 0.4) is 0 Å². The predicted octanol–water partition coefficient (Wildman–Crippen LogP) is 5.71. The number of halogens is 2. The van der Waals surface area contributed by atoms with Gasteiger partial charge in [-0.25, -0.2) is 8.42 Å². The first-order chi connectivity index (χ1) is 19.9. The van der Waals surface area contributed by atoms with Crippen molar-refractivity contribution in [2.45, 2.75) is 51.7 Å². The second kappa shape index (κ2) is 15.3. The maximum atomic E-state index is 13.9. The van der Waals surface area contributed by atoms with Crippen LogP contribution in [0.4, 0.5) is 5.69 Å². The number of anilines is 1. The summed E-state index contributed by atoms with van der Waals surface area (Å²) in [4.78, 5) is 29.0. The van der Waals surface area contributed by atoms with Crippen molar-refractivity contribution in [3.63, 3.8) is 0 Å². The average Bonchev–Trinajstić information content (AvgIpc) is 2.94. The van der Waals surface area contributed by atoms with E-state index in [2.05, 4.69) is 5.32 Å². The molecule has 8 nitrogen and oxygen atoms in total. The van der Waals surface area contributed by atoms with Gasteiger partial charge in [-0.1, -0.05) is 65.7 Å². The molecule has 0 aliphatic rings. The van der Waals surface area contributed by atoms with E-state index in [4.69, 9.17) is 27.9 Å². The molecule has 3 rings (SSSR count). The van der Waals surface area contributed by atoms with Crippen LogP contribution in [0, 0.1) is 0 Å². The van der Waals surface area contributed by atoms with Crippen LogP contribution in [0.5, 0.6) is 5.75 Å². The molecule has 0 radical (unpaired) electrons. The Hall–Kier alpha value is -3.27. The van der Waals surface area contributed by atoms with Crippen LogP contribution in [0.25, 0.3) is 0 Å². The molecule has 226 valence electrons.